The van der Waals surface area contributed by atoms with Gasteiger partial charge >= 0.3 is 0 Å². The Morgan fingerprint density at radius 3 is 2.93 bits per heavy atom. The van der Waals surface area contributed by atoms with Crippen LogP contribution in [0.25, 0.3) is 0 Å². The quantitative estimate of drug-likeness (QED) is 0.782. The van der Waals surface area contributed by atoms with Crippen LogP contribution in [0.15, 0.2) is 24.3 Å². The van der Waals surface area contributed by atoms with Crippen molar-refractivity contribution in [1.29, 1.82) is 5.26 Å². The summed E-state index contributed by atoms with van der Waals surface area (Å²) in [6.07, 6.45) is 0. The van der Waals surface area contributed by atoms with Gasteiger partial charge in [-0.1, -0.05) is 6.07 Å². The SMILES string of the molecule is CN(CC(N)C#N)c1cccc(F)c1. The first-order valence-electron chi connectivity index (χ1n) is 4.25. The van der Waals surface area contributed by atoms with Crippen molar-refractivity contribution >= 4 is 5.69 Å². The van der Waals surface area contributed by atoms with Crippen LogP contribution >= 0.6 is 0 Å². The second-order valence-corrected chi connectivity index (χ2v) is 3.10. The van der Waals surface area contributed by atoms with Crippen molar-refractivity contribution in [3.05, 3.63) is 30.1 Å². The van der Waals surface area contributed by atoms with Crippen LogP contribution in [0, 0.1) is 17.1 Å². The summed E-state index contributed by atoms with van der Waals surface area (Å²) in [5.41, 5.74) is 6.17. The third kappa shape index (κ3) is 2.71. The molecule has 2 N–H and O–H groups in total. The van der Waals surface area contributed by atoms with Gasteiger partial charge in [0.05, 0.1) is 6.07 Å². The Morgan fingerprint density at radius 2 is 2.36 bits per heavy atom. The summed E-state index contributed by atoms with van der Waals surface area (Å²) in [5, 5.41) is 8.51. The van der Waals surface area contributed by atoms with E-state index in [2.05, 4.69) is 0 Å². The Balaban J connectivity index is 2.70. The van der Waals surface area contributed by atoms with E-state index in [1.54, 1.807) is 24.1 Å². The second-order valence-electron chi connectivity index (χ2n) is 3.10. The minimum atomic E-state index is -0.553. The number of anilines is 1. The van der Waals surface area contributed by atoms with E-state index in [1.165, 1.54) is 12.1 Å². The highest BCUT2D eigenvalue weighted by Gasteiger charge is 2.06. The molecule has 1 atom stereocenters. The number of likely N-dealkylation sites (N-methyl/N-ethyl adjacent to an activating group) is 1. The fourth-order valence-corrected chi connectivity index (χ4v) is 1.15. The smallest absolute Gasteiger partial charge is 0.125 e. The molecule has 0 aromatic heterocycles. The van der Waals surface area contributed by atoms with Crippen molar-refractivity contribution in [3.63, 3.8) is 0 Å². The molecule has 74 valence electrons. The van der Waals surface area contributed by atoms with E-state index in [0.29, 0.717) is 6.54 Å². The number of nitriles is 1. The first-order chi connectivity index (χ1) is 6.63. The molecule has 4 heteroatoms. The molecular weight excluding hydrogens is 181 g/mol. The number of halogens is 1. The lowest BCUT2D eigenvalue weighted by Crippen LogP contribution is -2.34. The molecule has 0 saturated carbocycles. The molecule has 0 spiro atoms. The average molecular weight is 193 g/mol. The lowest BCUT2D eigenvalue weighted by molar-refractivity contribution is 0.626. The van der Waals surface area contributed by atoms with E-state index in [9.17, 15) is 4.39 Å². The van der Waals surface area contributed by atoms with Crippen LogP contribution in [-0.2, 0) is 0 Å². The fraction of sp³-hybridized carbons (Fsp3) is 0.300. The topological polar surface area (TPSA) is 53.0 Å². The predicted molar refractivity (Wildman–Crippen MR) is 53.3 cm³/mol. The maximum atomic E-state index is 12.8. The number of nitrogens with two attached hydrogens (primary N) is 1. The Bertz CT molecular complexity index is 345. The largest absolute Gasteiger partial charge is 0.372 e. The van der Waals surface area contributed by atoms with Crippen molar-refractivity contribution in [3.8, 4) is 6.07 Å². The van der Waals surface area contributed by atoms with Crippen LogP contribution < -0.4 is 10.6 Å². The van der Waals surface area contributed by atoms with E-state index in [-0.39, 0.29) is 5.82 Å². The highest BCUT2D eigenvalue weighted by atomic mass is 19.1. The summed E-state index contributed by atoms with van der Waals surface area (Å²) in [7, 11) is 1.77. The lowest BCUT2D eigenvalue weighted by Gasteiger charge is -2.20. The molecule has 0 aliphatic rings. The molecule has 1 aromatic rings. The van der Waals surface area contributed by atoms with Gasteiger partial charge in [0.25, 0.3) is 0 Å². The highest BCUT2D eigenvalue weighted by molar-refractivity contribution is 5.45. The molecule has 0 fully saturated rings. The summed E-state index contributed by atoms with van der Waals surface area (Å²) < 4.78 is 12.8. The molecule has 1 aromatic carbocycles. The molecule has 0 aliphatic heterocycles. The van der Waals surface area contributed by atoms with Gasteiger partial charge in [-0.25, -0.2) is 4.39 Å². The molecule has 0 amide bonds. The first-order valence-corrected chi connectivity index (χ1v) is 4.25. The Labute approximate surface area is 82.5 Å². The van der Waals surface area contributed by atoms with Gasteiger partial charge in [-0.2, -0.15) is 5.26 Å². The third-order valence-electron chi connectivity index (χ3n) is 1.89. The van der Waals surface area contributed by atoms with E-state index in [1.807, 2.05) is 6.07 Å². The molecule has 0 aliphatic carbocycles. The van der Waals surface area contributed by atoms with Crippen molar-refractivity contribution in [2.45, 2.75) is 6.04 Å². The summed E-state index contributed by atoms with van der Waals surface area (Å²) in [4.78, 5) is 1.75. The maximum Gasteiger partial charge on any atom is 0.125 e. The van der Waals surface area contributed by atoms with Gasteiger partial charge < -0.3 is 10.6 Å². The summed E-state index contributed by atoms with van der Waals surface area (Å²) in [6.45, 7) is 0.389. The highest BCUT2D eigenvalue weighted by Crippen LogP contribution is 2.13. The van der Waals surface area contributed by atoms with Gasteiger partial charge in [-0.3, -0.25) is 0 Å². The standard InChI is InChI=1S/C10H12FN3/c1-14(7-9(13)6-12)10-4-2-3-8(11)5-10/h2-5,9H,7,13H2,1H3. The Kier molecular flexibility index (Phi) is 3.43. The van der Waals surface area contributed by atoms with Crippen molar-refractivity contribution in [2.75, 3.05) is 18.5 Å². The molecule has 3 nitrogen and oxygen atoms in total. The van der Waals surface area contributed by atoms with E-state index < -0.39 is 6.04 Å². The van der Waals surface area contributed by atoms with Crippen LogP contribution in [0.5, 0.6) is 0 Å². The zero-order valence-corrected chi connectivity index (χ0v) is 7.94. The van der Waals surface area contributed by atoms with Crippen molar-refractivity contribution in [1.82, 2.24) is 0 Å². The molecular formula is C10H12FN3. The van der Waals surface area contributed by atoms with Crippen molar-refractivity contribution in [2.24, 2.45) is 5.73 Å². The molecule has 0 saturated heterocycles. The number of hydrogen-bond donors (Lipinski definition) is 1. The van der Waals surface area contributed by atoms with Crippen molar-refractivity contribution < 1.29 is 4.39 Å². The monoisotopic (exact) mass is 193 g/mol. The maximum absolute atomic E-state index is 12.8. The number of hydrogen-bond acceptors (Lipinski definition) is 3. The van der Waals surface area contributed by atoms with Gasteiger partial charge in [-0.05, 0) is 18.2 Å². The van der Waals surface area contributed by atoms with Gasteiger partial charge in [0.15, 0.2) is 0 Å². The normalized spacial score (nSPS) is 11.9. The number of benzene rings is 1. The first kappa shape index (κ1) is 10.5. The predicted octanol–water partition coefficient (Wildman–Crippen LogP) is 1.11. The van der Waals surface area contributed by atoms with Crippen LogP contribution in [-0.4, -0.2) is 19.6 Å². The van der Waals surface area contributed by atoms with Gasteiger partial charge in [0.1, 0.15) is 11.9 Å². The molecule has 0 heterocycles. The minimum Gasteiger partial charge on any atom is -0.372 e. The zero-order valence-electron chi connectivity index (χ0n) is 7.94. The van der Waals surface area contributed by atoms with Gasteiger partial charge in [-0.15, -0.1) is 0 Å². The summed E-state index contributed by atoms with van der Waals surface area (Å²) in [5.74, 6) is -0.292. The molecule has 1 unspecified atom stereocenters. The summed E-state index contributed by atoms with van der Waals surface area (Å²) in [6, 6.07) is 7.55. The van der Waals surface area contributed by atoms with E-state index in [4.69, 9.17) is 11.0 Å². The number of nitrogens with zero attached hydrogens (tertiary/aromatic N) is 2. The van der Waals surface area contributed by atoms with Gasteiger partial charge in [0, 0.05) is 19.3 Å². The van der Waals surface area contributed by atoms with Crippen LogP contribution in [0.2, 0.25) is 0 Å². The molecule has 14 heavy (non-hydrogen) atoms. The lowest BCUT2D eigenvalue weighted by atomic mass is 10.2. The van der Waals surface area contributed by atoms with E-state index >= 15 is 0 Å². The van der Waals surface area contributed by atoms with Crippen LogP contribution in [0.4, 0.5) is 10.1 Å². The number of rotatable bonds is 3. The van der Waals surface area contributed by atoms with Crippen LogP contribution in [0.3, 0.4) is 0 Å². The third-order valence-corrected chi connectivity index (χ3v) is 1.89. The minimum absolute atomic E-state index is 0.292. The Morgan fingerprint density at radius 1 is 1.64 bits per heavy atom. The zero-order chi connectivity index (χ0) is 10.6. The summed E-state index contributed by atoms with van der Waals surface area (Å²) >= 11 is 0. The van der Waals surface area contributed by atoms with E-state index in [0.717, 1.165) is 5.69 Å². The van der Waals surface area contributed by atoms with Gasteiger partial charge in [0.2, 0.25) is 0 Å². The fourth-order valence-electron chi connectivity index (χ4n) is 1.15. The molecule has 1 rings (SSSR count). The Hall–Kier alpha value is -1.60. The second kappa shape index (κ2) is 4.58. The average Bonchev–Trinajstić information content (AvgIpc) is 2.17. The molecule has 0 radical (unpaired) electrons. The molecule has 0 bridgehead atoms. The van der Waals surface area contributed by atoms with Crippen LogP contribution in [0.1, 0.15) is 0 Å².